The zero-order valence-electron chi connectivity index (χ0n) is 7.42. The molecule has 15 heavy (non-hydrogen) atoms. The molecule has 0 unspecified atom stereocenters. The summed E-state index contributed by atoms with van der Waals surface area (Å²) < 4.78 is 13.3. The van der Waals surface area contributed by atoms with E-state index in [1.807, 2.05) is 0 Å². The smallest absolute Gasteiger partial charge is 0.211 e. The zero-order valence-corrected chi connectivity index (χ0v) is 8.93. The molecule has 0 saturated carbocycles. The second-order valence-corrected chi connectivity index (χ2v) is 3.40. The normalized spacial score (nSPS) is 10.6. The molecule has 4 N–H and O–H groups in total. The van der Waals surface area contributed by atoms with Crippen LogP contribution < -0.4 is 11.5 Å². The average molecular weight is 249 g/mol. The number of guanidine groups is 1. The van der Waals surface area contributed by atoms with Gasteiger partial charge in [0, 0.05) is 10.6 Å². The summed E-state index contributed by atoms with van der Waals surface area (Å²) in [5, 5.41) is 7.08. The molecule has 0 aliphatic carbocycles. The first-order valence-electron chi connectivity index (χ1n) is 3.77. The van der Waals surface area contributed by atoms with E-state index < -0.39 is 5.82 Å². The van der Waals surface area contributed by atoms with E-state index in [0.29, 0.717) is 0 Å². The molecule has 0 radical (unpaired) electrons. The maximum Gasteiger partial charge on any atom is 0.211 e. The Morgan fingerprint density at radius 3 is 2.53 bits per heavy atom. The first kappa shape index (κ1) is 11.7. The summed E-state index contributed by atoms with van der Waals surface area (Å²) in [5.41, 5.74) is 10.1. The lowest BCUT2D eigenvalue weighted by Crippen LogP contribution is -2.21. The second kappa shape index (κ2) is 4.95. The zero-order chi connectivity index (χ0) is 11.4. The van der Waals surface area contributed by atoms with E-state index in [1.165, 1.54) is 6.07 Å². The van der Waals surface area contributed by atoms with Crippen molar-refractivity contribution in [2.75, 3.05) is 0 Å². The molecule has 0 spiro atoms. The number of nitrogens with two attached hydrogens (primary N) is 2. The highest BCUT2D eigenvalue weighted by Crippen LogP contribution is 2.22. The Kier molecular flexibility index (Phi) is 3.88. The minimum absolute atomic E-state index is 0.0751. The number of nitrogens with zero attached hydrogens (tertiary/aromatic N) is 2. The number of hydrogen-bond donors (Lipinski definition) is 2. The molecule has 1 aromatic carbocycles. The third-order valence-electron chi connectivity index (χ3n) is 1.40. The highest BCUT2D eigenvalue weighted by atomic mass is 35.5. The Balaban J connectivity index is 3.05. The highest BCUT2D eigenvalue weighted by Gasteiger charge is 2.06. The maximum absolute atomic E-state index is 13.3. The fourth-order valence-electron chi connectivity index (χ4n) is 0.830. The minimum Gasteiger partial charge on any atom is -0.369 e. The minimum atomic E-state index is -0.595. The molecule has 1 rings (SSSR count). The summed E-state index contributed by atoms with van der Waals surface area (Å²) in [6.07, 6.45) is 1.10. The maximum atomic E-state index is 13.3. The summed E-state index contributed by atoms with van der Waals surface area (Å²) in [4.78, 5) is 0. The molecule has 0 amide bonds. The van der Waals surface area contributed by atoms with Crippen molar-refractivity contribution in [2.45, 2.75) is 0 Å². The van der Waals surface area contributed by atoms with Crippen molar-refractivity contribution in [3.05, 3.63) is 33.6 Å². The first-order chi connectivity index (χ1) is 7.00. The van der Waals surface area contributed by atoms with E-state index in [1.54, 1.807) is 0 Å². The molecular formula is C8H7Cl2FN4. The van der Waals surface area contributed by atoms with Gasteiger partial charge in [0.25, 0.3) is 0 Å². The molecule has 7 heteroatoms. The molecule has 0 aliphatic rings. The second-order valence-electron chi connectivity index (χ2n) is 2.55. The van der Waals surface area contributed by atoms with Gasteiger partial charge in [0.2, 0.25) is 5.96 Å². The SMILES string of the molecule is NC(N)=NN=Cc1c(F)cc(Cl)cc1Cl. The lowest BCUT2D eigenvalue weighted by atomic mass is 10.2. The largest absolute Gasteiger partial charge is 0.369 e. The third-order valence-corrected chi connectivity index (χ3v) is 1.93. The molecule has 0 aliphatic heterocycles. The van der Waals surface area contributed by atoms with Crippen LogP contribution in [0.1, 0.15) is 5.56 Å². The number of hydrogen-bond acceptors (Lipinski definition) is 2. The molecular weight excluding hydrogens is 242 g/mol. The van der Waals surface area contributed by atoms with Gasteiger partial charge in [-0.1, -0.05) is 23.2 Å². The molecule has 80 valence electrons. The molecule has 1 aromatic rings. The first-order valence-corrected chi connectivity index (χ1v) is 4.53. The predicted octanol–water partition coefficient (Wildman–Crippen LogP) is 1.74. The highest BCUT2D eigenvalue weighted by molar-refractivity contribution is 6.36. The van der Waals surface area contributed by atoms with Crippen molar-refractivity contribution in [1.82, 2.24) is 0 Å². The molecule has 4 nitrogen and oxygen atoms in total. The molecule has 0 saturated heterocycles. The van der Waals surface area contributed by atoms with Crippen molar-refractivity contribution in [2.24, 2.45) is 21.7 Å². The van der Waals surface area contributed by atoms with Crippen LogP contribution >= 0.6 is 23.2 Å². The quantitative estimate of drug-likeness (QED) is 0.475. The van der Waals surface area contributed by atoms with Crippen LogP contribution in [-0.2, 0) is 0 Å². The van der Waals surface area contributed by atoms with Gasteiger partial charge in [-0.15, -0.1) is 5.10 Å². The van der Waals surface area contributed by atoms with Crippen molar-refractivity contribution in [1.29, 1.82) is 0 Å². The number of benzene rings is 1. The third kappa shape index (κ3) is 3.38. The molecule has 0 aromatic heterocycles. The lowest BCUT2D eigenvalue weighted by Gasteiger charge is -1.99. The number of rotatable bonds is 2. The Morgan fingerprint density at radius 2 is 2.00 bits per heavy atom. The van der Waals surface area contributed by atoms with E-state index in [-0.39, 0.29) is 21.6 Å². The van der Waals surface area contributed by atoms with Crippen LogP contribution in [-0.4, -0.2) is 12.2 Å². The van der Waals surface area contributed by atoms with Gasteiger partial charge in [0.1, 0.15) is 5.82 Å². The molecule has 0 atom stereocenters. The topological polar surface area (TPSA) is 76.8 Å². The summed E-state index contributed by atoms with van der Waals surface area (Å²) in [5.74, 6) is -0.821. The summed E-state index contributed by atoms with van der Waals surface area (Å²) in [7, 11) is 0. The summed E-state index contributed by atoms with van der Waals surface area (Å²) >= 11 is 11.3. The van der Waals surface area contributed by atoms with Gasteiger partial charge in [-0.05, 0) is 12.1 Å². The van der Waals surface area contributed by atoms with Crippen LogP contribution in [0, 0.1) is 5.82 Å². The van der Waals surface area contributed by atoms with Crippen molar-refractivity contribution in [3.63, 3.8) is 0 Å². The van der Waals surface area contributed by atoms with Crippen LogP contribution in [0.3, 0.4) is 0 Å². The van der Waals surface area contributed by atoms with E-state index in [2.05, 4.69) is 10.2 Å². The Hall–Kier alpha value is -1.33. The van der Waals surface area contributed by atoms with Gasteiger partial charge < -0.3 is 11.5 Å². The summed E-state index contributed by atoms with van der Waals surface area (Å²) in [6, 6.07) is 2.51. The van der Waals surface area contributed by atoms with E-state index >= 15 is 0 Å². The molecule has 0 fully saturated rings. The van der Waals surface area contributed by atoms with E-state index in [9.17, 15) is 4.39 Å². The van der Waals surface area contributed by atoms with Gasteiger partial charge in [0.05, 0.1) is 11.2 Å². The van der Waals surface area contributed by atoms with Gasteiger partial charge >= 0.3 is 0 Å². The number of halogens is 3. The van der Waals surface area contributed by atoms with E-state index in [0.717, 1.165) is 12.3 Å². The fourth-order valence-corrected chi connectivity index (χ4v) is 1.35. The van der Waals surface area contributed by atoms with E-state index in [4.69, 9.17) is 34.7 Å². The Bertz CT molecular complexity index is 404. The van der Waals surface area contributed by atoms with Crippen molar-refractivity contribution in [3.8, 4) is 0 Å². The Morgan fingerprint density at radius 1 is 1.33 bits per heavy atom. The van der Waals surface area contributed by atoms with Gasteiger partial charge in [-0.2, -0.15) is 5.10 Å². The van der Waals surface area contributed by atoms with Crippen molar-refractivity contribution < 1.29 is 4.39 Å². The monoisotopic (exact) mass is 248 g/mol. The predicted molar refractivity (Wildman–Crippen MR) is 59.8 cm³/mol. The Labute approximate surface area is 95.4 Å². The van der Waals surface area contributed by atoms with Gasteiger partial charge in [-0.25, -0.2) is 4.39 Å². The van der Waals surface area contributed by atoms with Crippen molar-refractivity contribution >= 4 is 35.4 Å². The van der Waals surface area contributed by atoms with Gasteiger partial charge in [-0.3, -0.25) is 0 Å². The average Bonchev–Trinajstić information content (AvgIpc) is 2.08. The van der Waals surface area contributed by atoms with Crippen LogP contribution in [0.15, 0.2) is 22.3 Å². The molecule has 0 heterocycles. The van der Waals surface area contributed by atoms with Crippen LogP contribution in [0.4, 0.5) is 4.39 Å². The fraction of sp³-hybridized carbons (Fsp3) is 0. The molecule has 0 bridgehead atoms. The van der Waals surface area contributed by atoms with Gasteiger partial charge in [0.15, 0.2) is 0 Å². The van der Waals surface area contributed by atoms with Crippen LogP contribution in [0.2, 0.25) is 10.0 Å². The lowest BCUT2D eigenvalue weighted by molar-refractivity contribution is 0.626. The standard InChI is InChI=1S/C8H7Cl2FN4/c9-4-1-6(10)5(7(11)2-4)3-14-15-8(12)13/h1-3H,(H4,12,13,15). The summed E-state index contributed by atoms with van der Waals surface area (Å²) in [6.45, 7) is 0. The van der Waals surface area contributed by atoms with Crippen LogP contribution in [0.25, 0.3) is 0 Å². The van der Waals surface area contributed by atoms with Crippen LogP contribution in [0.5, 0.6) is 0 Å².